The number of ether oxygens (including phenoxy) is 1. The quantitative estimate of drug-likeness (QED) is 0.915. The molecular weight excluding hydrogens is 279 g/mol. The van der Waals surface area contributed by atoms with Gasteiger partial charge in [0.15, 0.2) is 0 Å². The molecule has 0 aliphatic heterocycles. The fourth-order valence-corrected chi connectivity index (χ4v) is 2.24. The van der Waals surface area contributed by atoms with E-state index in [0.717, 1.165) is 5.56 Å². The molecule has 0 spiro atoms. The Morgan fingerprint density at radius 2 is 2.15 bits per heavy atom. The van der Waals surface area contributed by atoms with E-state index in [1.807, 2.05) is 13.0 Å². The summed E-state index contributed by atoms with van der Waals surface area (Å²) in [5, 5.41) is 3.46. The fraction of sp³-hybridized carbons (Fsp3) is 0.267. The maximum Gasteiger partial charge on any atom is 0.137 e. The van der Waals surface area contributed by atoms with Gasteiger partial charge in [-0.3, -0.25) is 4.98 Å². The van der Waals surface area contributed by atoms with E-state index in [1.54, 1.807) is 31.6 Å². The molecule has 5 heteroatoms. The minimum Gasteiger partial charge on any atom is -0.492 e. The summed E-state index contributed by atoms with van der Waals surface area (Å²) in [5.41, 5.74) is 1.35. The second-order valence-electron chi connectivity index (χ2n) is 4.27. The summed E-state index contributed by atoms with van der Waals surface area (Å²) in [7, 11) is 1.77. The van der Waals surface area contributed by atoms with Crippen LogP contribution in [-0.2, 0) is 0 Å². The van der Waals surface area contributed by atoms with E-state index in [2.05, 4.69) is 10.3 Å². The molecule has 1 aromatic carbocycles. The molecule has 106 valence electrons. The Hall–Kier alpha value is -1.65. The first kappa shape index (κ1) is 14.8. The number of nitrogens with one attached hydrogen (secondary N) is 1. The number of halogens is 2. The zero-order valence-electron chi connectivity index (χ0n) is 11.4. The molecule has 0 radical (unpaired) electrons. The number of hydrogen-bond donors (Lipinski definition) is 1. The molecule has 1 aromatic heterocycles. The Labute approximate surface area is 122 Å². The van der Waals surface area contributed by atoms with Crippen LogP contribution in [0.2, 0.25) is 5.02 Å². The molecule has 1 atom stereocenters. The van der Waals surface area contributed by atoms with Crippen LogP contribution in [0, 0.1) is 5.82 Å². The van der Waals surface area contributed by atoms with Gasteiger partial charge >= 0.3 is 0 Å². The van der Waals surface area contributed by atoms with E-state index in [0.29, 0.717) is 22.9 Å². The summed E-state index contributed by atoms with van der Waals surface area (Å²) in [6.07, 6.45) is 3.33. The number of nitrogens with zero attached hydrogens (tertiary/aromatic N) is 1. The summed E-state index contributed by atoms with van der Waals surface area (Å²) >= 11 is 5.78. The molecule has 0 amide bonds. The third-order valence-corrected chi connectivity index (χ3v) is 3.18. The predicted octanol–water partition coefficient (Wildman–Crippen LogP) is 3.58. The average Bonchev–Trinajstić information content (AvgIpc) is 2.43. The smallest absolute Gasteiger partial charge is 0.137 e. The lowest BCUT2D eigenvalue weighted by Gasteiger charge is -2.18. The van der Waals surface area contributed by atoms with Crippen LogP contribution in [0.15, 0.2) is 36.7 Å². The molecule has 0 aliphatic rings. The number of aromatic nitrogens is 1. The van der Waals surface area contributed by atoms with Crippen LogP contribution in [0.25, 0.3) is 0 Å². The Morgan fingerprint density at radius 3 is 2.80 bits per heavy atom. The lowest BCUT2D eigenvalue weighted by Crippen LogP contribution is -2.19. The van der Waals surface area contributed by atoms with Gasteiger partial charge in [-0.15, -0.1) is 0 Å². The SMILES string of the molecule is CCOc1cncc(C(NC)c2ccc(Cl)cc2F)c1. The average molecular weight is 295 g/mol. The van der Waals surface area contributed by atoms with Crippen LogP contribution in [-0.4, -0.2) is 18.6 Å². The zero-order valence-corrected chi connectivity index (χ0v) is 12.1. The second-order valence-corrected chi connectivity index (χ2v) is 4.71. The fourth-order valence-electron chi connectivity index (χ4n) is 2.08. The van der Waals surface area contributed by atoms with E-state index < -0.39 is 0 Å². The Balaban J connectivity index is 2.38. The summed E-state index contributed by atoms with van der Waals surface area (Å²) in [5.74, 6) is 0.318. The van der Waals surface area contributed by atoms with E-state index >= 15 is 0 Å². The number of pyridine rings is 1. The van der Waals surface area contributed by atoms with Crippen molar-refractivity contribution in [3.8, 4) is 5.75 Å². The van der Waals surface area contributed by atoms with Gasteiger partial charge in [-0.1, -0.05) is 17.7 Å². The summed E-state index contributed by atoms with van der Waals surface area (Å²) < 4.78 is 19.5. The van der Waals surface area contributed by atoms with Crippen molar-refractivity contribution < 1.29 is 9.13 Å². The van der Waals surface area contributed by atoms with E-state index in [9.17, 15) is 4.39 Å². The first-order valence-corrected chi connectivity index (χ1v) is 6.73. The van der Waals surface area contributed by atoms with Crippen molar-refractivity contribution in [3.05, 3.63) is 58.6 Å². The van der Waals surface area contributed by atoms with Crippen molar-refractivity contribution in [1.29, 1.82) is 0 Å². The maximum absolute atomic E-state index is 14.0. The summed E-state index contributed by atoms with van der Waals surface area (Å²) in [6, 6.07) is 6.20. The normalized spacial score (nSPS) is 12.2. The van der Waals surface area contributed by atoms with Crippen LogP contribution in [0.3, 0.4) is 0 Å². The highest BCUT2D eigenvalue weighted by Crippen LogP contribution is 2.27. The van der Waals surface area contributed by atoms with Gasteiger partial charge in [0.1, 0.15) is 11.6 Å². The molecule has 3 nitrogen and oxygen atoms in total. The maximum atomic E-state index is 14.0. The van der Waals surface area contributed by atoms with E-state index in [1.165, 1.54) is 6.07 Å². The molecule has 0 fully saturated rings. The molecule has 0 saturated carbocycles. The number of rotatable bonds is 5. The van der Waals surface area contributed by atoms with E-state index in [4.69, 9.17) is 16.3 Å². The van der Waals surface area contributed by atoms with Gasteiger partial charge in [0.25, 0.3) is 0 Å². The highest BCUT2D eigenvalue weighted by Gasteiger charge is 2.17. The highest BCUT2D eigenvalue weighted by atomic mass is 35.5. The molecule has 20 heavy (non-hydrogen) atoms. The van der Waals surface area contributed by atoms with Crippen LogP contribution in [0.1, 0.15) is 24.1 Å². The van der Waals surface area contributed by atoms with Crippen LogP contribution < -0.4 is 10.1 Å². The molecule has 0 bridgehead atoms. The van der Waals surface area contributed by atoms with Gasteiger partial charge in [-0.2, -0.15) is 0 Å². The molecule has 1 unspecified atom stereocenters. The standard InChI is InChI=1S/C15H16ClFN2O/c1-3-20-12-6-10(8-19-9-12)15(18-2)13-5-4-11(16)7-14(13)17/h4-9,15,18H,3H2,1-2H3. The lowest BCUT2D eigenvalue weighted by molar-refractivity contribution is 0.338. The topological polar surface area (TPSA) is 34.1 Å². The van der Waals surface area contributed by atoms with Gasteiger partial charge in [0, 0.05) is 16.8 Å². The van der Waals surface area contributed by atoms with Gasteiger partial charge < -0.3 is 10.1 Å². The van der Waals surface area contributed by atoms with Crippen LogP contribution in [0.5, 0.6) is 5.75 Å². The first-order valence-electron chi connectivity index (χ1n) is 6.35. The lowest BCUT2D eigenvalue weighted by atomic mass is 10.00. The van der Waals surface area contributed by atoms with Gasteiger partial charge in [-0.05, 0) is 37.7 Å². The second kappa shape index (κ2) is 6.68. The number of benzene rings is 1. The van der Waals surface area contributed by atoms with Gasteiger partial charge in [0.05, 0.1) is 18.8 Å². The zero-order chi connectivity index (χ0) is 14.5. The van der Waals surface area contributed by atoms with Crippen molar-refractivity contribution in [2.45, 2.75) is 13.0 Å². The molecule has 1 N–H and O–H groups in total. The van der Waals surface area contributed by atoms with Crippen molar-refractivity contribution in [2.75, 3.05) is 13.7 Å². The molecule has 0 saturated heterocycles. The monoisotopic (exact) mass is 294 g/mol. The van der Waals surface area contributed by atoms with Crippen LogP contribution in [0.4, 0.5) is 4.39 Å². The number of hydrogen-bond acceptors (Lipinski definition) is 3. The Morgan fingerprint density at radius 1 is 1.35 bits per heavy atom. The predicted molar refractivity (Wildman–Crippen MR) is 77.7 cm³/mol. The van der Waals surface area contributed by atoms with Gasteiger partial charge in [-0.25, -0.2) is 4.39 Å². The van der Waals surface area contributed by atoms with Crippen molar-refractivity contribution in [1.82, 2.24) is 10.3 Å². The summed E-state index contributed by atoms with van der Waals surface area (Å²) in [4.78, 5) is 4.13. The highest BCUT2D eigenvalue weighted by molar-refractivity contribution is 6.30. The largest absolute Gasteiger partial charge is 0.492 e. The van der Waals surface area contributed by atoms with Crippen LogP contribution >= 0.6 is 11.6 Å². The van der Waals surface area contributed by atoms with Gasteiger partial charge in [0.2, 0.25) is 0 Å². The van der Waals surface area contributed by atoms with E-state index in [-0.39, 0.29) is 11.9 Å². The minimum atomic E-state index is -0.348. The molecule has 2 aromatic rings. The van der Waals surface area contributed by atoms with Crippen molar-refractivity contribution >= 4 is 11.6 Å². The van der Waals surface area contributed by atoms with Crippen molar-refractivity contribution in [3.63, 3.8) is 0 Å². The third-order valence-electron chi connectivity index (χ3n) is 2.94. The first-order chi connectivity index (χ1) is 9.65. The Kier molecular flexibility index (Phi) is 4.93. The summed E-state index contributed by atoms with van der Waals surface area (Å²) in [6.45, 7) is 2.46. The minimum absolute atomic E-state index is 0.305. The Bertz CT molecular complexity index is 592. The molecule has 1 heterocycles. The molecule has 0 aliphatic carbocycles. The molecular formula is C15H16ClFN2O. The van der Waals surface area contributed by atoms with Crippen molar-refractivity contribution in [2.24, 2.45) is 0 Å². The third kappa shape index (κ3) is 3.26. The molecule has 2 rings (SSSR count).